The average molecular weight is 382 g/mol. The third-order valence-electron chi connectivity index (χ3n) is 3.28. The van der Waals surface area contributed by atoms with E-state index in [-0.39, 0.29) is 23.7 Å². The molecular weight excluding hydrogens is 366 g/mol. The predicted molar refractivity (Wildman–Crippen MR) is 78.0 cm³/mol. The van der Waals surface area contributed by atoms with Gasteiger partial charge in [-0.15, -0.1) is 0 Å². The topological polar surface area (TPSA) is 96.3 Å². The van der Waals surface area contributed by atoms with Crippen molar-refractivity contribution in [1.29, 1.82) is 0 Å². The second-order valence-electron chi connectivity index (χ2n) is 4.59. The molecule has 1 aliphatic heterocycles. The fourth-order valence-corrected chi connectivity index (χ4v) is 4.58. The number of hydrogen-bond acceptors (Lipinski definition) is 6. The van der Waals surface area contributed by atoms with Crippen molar-refractivity contribution in [3.8, 4) is 11.5 Å². The Bertz CT molecular complexity index is 625. The first-order chi connectivity index (χ1) is 9.81. The number of halogens is 1. The minimum atomic E-state index is -3.86. The second-order valence-corrected chi connectivity index (χ2v) is 7.36. The molecule has 2 atom stereocenters. The maximum Gasteiger partial charge on any atom is 0.244 e. The van der Waals surface area contributed by atoms with Crippen LogP contribution in [0.25, 0.3) is 0 Å². The third-order valence-corrected chi connectivity index (χ3v) is 6.07. The minimum absolute atomic E-state index is 0.0125. The Morgan fingerprint density at radius 1 is 1.14 bits per heavy atom. The van der Waals surface area contributed by atoms with Crippen LogP contribution >= 0.6 is 15.9 Å². The van der Waals surface area contributed by atoms with Gasteiger partial charge in [0.15, 0.2) is 11.5 Å². The van der Waals surface area contributed by atoms with Crippen LogP contribution in [0.5, 0.6) is 11.5 Å². The van der Waals surface area contributed by atoms with Gasteiger partial charge >= 0.3 is 0 Å². The van der Waals surface area contributed by atoms with Crippen LogP contribution in [0.1, 0.15) is 0 Å². The van der Waals surface area contributed by atoms with Gasteiger partial charge in [0.2, 0.25) is 10.0 Å². The first-order valence-corrected chi connectivity index (χ1v) is 8.32. The monoisotopic (exact) mass is 381 g/mol. The van der Waals surface area contributed by atoms with Gasteiger partial charge in [0.25, 0.3) is 0 Å². The van der Waals surface area contributed by atoms with E-state index in [2.05, 4.69) is 15.9 Å². The zero-order valence-corrected chi connectivity index (χ0v) is 13.9. The number of methoxy groups -OCH3 is 2. The molecule has 0 amide bonds. The molecule has 0 aromatic heterocycles. The number of benzene rings is 1. The summed E-state index contributed by atoms with van der Waals surface area (Å²) in [6.07, 6.45) is -2.17. The Kier molecular flexibility index (Phi) is 4.79. The molecule has 9 heteroatoms. The number of nitrogens with zero attached hydrogens (tertiary/aromatic N) is 1. The molecule has 21 heavy (non-hydrogen) atoms. The van der Waals surface area contributed by atoms with Gasteiger partial charge in [-0.3, -0.25) is 0 Å². The van der Waals surface area contributed by atoms with Gasteiger partial charge in [0.1, 0.15) is 4.90 Å². The van der Waals surface area contributed by atoms with Crippen molar-refractivity contribution in [1.82, 2.24) is 4.31 Å². The van der Waals surface area contributed by atoms with E-state index in [1.807, 2.05) is 0 Å². The molecule has 0 aliphatic carbocycles. The van der Waals surface area contributed by atoms with E-state index in [0.717, 1.165) is 4.31 Å². The van der Waals surface area contributed by atoms with Crippen LogP contribution in [-0.2, 0) is 10.0 Å². The van der Waals surface area contributed by atoms with E-state index in [1.54, 1.807) is 0 Å². The molecule has 0 saturated carbocycles. The molecule has 1 fully saturated rings. The van der Waals surface area contributed by atoms with Crippen molar-refractivity contribution in [2.45, 2.75) is 17.1 Å². The standard InChI is InChI=1S/C12H16BrNO6S/c1-19-10-3-7(13)12(4-11(10)20-2)21(17,18)14-5-8(15)9(16)6-14/h3-4,8-9,15-16H,5-6H2,1-2H3. The molecule has 7 nitrogen and oxygen atoms in total. The van der Waals surface area contributed by atoms with Crippen molar-refractivity contribution < 1.29 is 28.1 Å². The van der Waals surface area contributed by atoms with Gasteiger partial charge in [-0.25, -0.2) is 8.42 Å². The molecule has 1 heterocycles. The van der Waals surface area contributed by atoms with Crippen LogP contribution < -0.4 is 9.47 Å². The summed E-state index contributed by atoms with van der Waals surface area (Å²) in [5, 5.41) is 19.0. The van der Waals surface area contributed by atoms with E-state index in [4.69, 9.17) is 9.47 Å². The molecule has 2 rings (SSSR count). The average Bonchev–Trinajstić information content (AvgIpc) is 2.78. The van der Waals surface area contributed by atoms with Crippen molar-refractivity contribution >= 4 is 26.0 Å². The minimum Gasteiger partial charge on any atom is -0.493 e. The van der Waals surface area contributed by atoms with Crippen LogP contribution in [0, 0.1) is 0 Å². The number of β-amino-alcohol motifs (C(OH)–C–C–N with tert-alkyl or cyclic N) is 2. The number of aliphatic hydroxyl groups excluding tert-OH is 2. The normalized spacial score (nSPS) is 23.3. The van der Waals surface area contributed by atoms with Crippen molar-refractivity contribution in [3.63, 3.8) is 0 Å². The fraction of sp³-hybridized carbons (Fsp3) is 0.500. The van der Waals surface area contributed by atoms with Crippen LogP contribution in [0.15, 0.2) is 21.5 Å². The summed E-state index contributed by atoms with van der Waals surface area (Å²) in [5.41, 5.74) is 0. The Balaban J connectivity index is 2.45. The summed E-state index contributed by atoms with van der Waals surface area (Å²) in [6, 6.07) is 2.84. The number of aliphatic hydroxyl groups is 2. The second kappa shape index (κ2) is 6.09. The van der Waals surface area contributed by atoms with Crippen LogP contribution in [0.2, 0.25) is 0 Å². The van der Waals surface area contributed by atoms with Crippen molar-refractivity contribution in [3.05, 3.63) is 16.6 Å². The van der Waals surface area contributed by atoms with Gasteiger partial charge in [0, 0.05) is 23.6 Å². The lowest BCUT2D eigenvalue weighted by atomic mass is 10.3. The van der Waals surface area contributed by atoms with Gasteiger partial charge in [0.05, 0.1) is 26.4 Å². The highest BCUT2D eigenvalue weighted by molar-refractivity contribution is 9.10. The summed E-state index contributed by atoms with van der Waals surface area (Å²) >= 11 is 3.20. The maximum atomic E-state index is 12.6. The lowest BCUT2D eigenvalue weighted by Crippen LogP contribution is -2.30. The van der Waals surface area contributed by atoms with Gasteiger partial charge in [-0.2, -0.15) is 4.31 Å². The number of rotatable bonds is 4. The Labute approximate surface area is 131 Å². The van der Waals surface area contributed by atoms with Crippen LogP contribution in [-0.4, -0.2) is 62.5 Å². The lowest BCUT2D eigenvalue weighted by molar-refractivity contribution is 0.0572. The SMILES string of the molecule is COc1cc(Br)c(S(=O)(=O)N2CC(O)C(O)C2)cc1OC. The highest BCUT2D eigenvalue weighted by atomic mass is 79.9. The molecule has 1 aromatic carbocycles. The van der Waals surface area contributed by atoms with Gasteiger partial charge < -0.3 is 19.7 Å². The molecule has 1 aliphatic rings. The summed E-state index contributed by atoms with van der Waals surface area (Å²) in [4.78, 5) is -0.0125. The molecule has 2 unspecified atom stereocenters. The third kappa shape index (κ3) is 3.02. The highest BCUT2D eigenvalue weighted by Gasteiger charge is 2.38. The van der Waals surface area contributed by atoms with Crippen molar-refractivity contribution in [2.24, 2.45) is 0 Å². The van der Waals surface area contributed by atoms with Gasteiger partial charge in [-0.05, 0) is 22.0 Å². The Morgan fingerprint density at radius 3 is 2.10 bits per heavy atom. The molecule has 0 bridgehead atoms. The first-order valence-electron chi connectivity index (χ1n) is 6.09. The smallest absolute Gasteiger partial charge is 0.244 e. The fourth-order valence-electron chi connectivity index (χ4n) is 2.10. The number of hydrogen-bond donors (Lipinski definition) is 2. The molecule has 0 radical (unpaired) electrons. The highest BCUT2D eigenvalue weighted by Crippen LogP contribution is 2.37. The Hall–Kier alpha value is -0.870. The van der Waals surface area contributed by atoms with Gasteiger partial charge in [-0.1, -0.05) is 0 Å². The Morgan fingerprint density at radius 2 is 1.62 bits per heavy atom. The molecule has 118 valence electrons. The molecule has 1 aromatic rings. The number of sulfonamides is 1. The van der Waals surface area contributed by atoms with Crippen molar-refractivity contribution in [2.75, 3.05) is 27.3 Å². The quantitative estimate of drug-likeness (QED) is 0.772. The molecule has 0 spiro atoms. The van der Waals surface area contributed by atoms with E-state index < -0.39 is 22.2 Å². The zero-order valence-electron chi connectivity index (χ0n) is 11.5. The zero-order chi connectivity index (χ0) is 15.8. The first kappa shape index (κ1) is 16.5. The summed E-state index contributed by atoms with van der Waals surface area (Å²) < 4.78 is 36.7. The maximum absolute atomic E-state index is 12.6. The summed E-state index contributed by atoms with van der Waals surface area (Å²) in [7, 11) is -1.00. The van der Waals surface area contributed by atoms with Crippen LogP contribution in [0.4, 0.5) is 0 Å². The van der Waals surface area contributed by atoms with E-state index >= 15 is 0 Å². The number of ether oxygens (including phenoxy) is 2. The molecule has 2 N–H and O–H groups in total. The molecular formula is C12H16BrNO6S. The summed E-state index contributed by atoms with van der Waals surface area (Å²) in [6.45, 7) is -0.297. The van der Waals surface area contributed by atoms with E-state index in [1.165, 1.54) is 26.4 Å². The predicted octanol–water partition coefficient (Wildman–Crippen LogP) is 0.192. The van der Waals surface area contributed by atoms with Crippen LogP contribution in [0.3, 0.4) is 0 Å². The lowest BCUT2D eigenvalue weighted by Gasteiger charge is -2.18. The molecule has 1 saturated heterocycles. The summed E-state index contributed by atoms with van der Waals surface area (Å²) in [5.74, 6) is 0.671. The van der Waals surface area contributed by atoms with E-state index in [9.17, 15) is 18.6 Å². The largest absolute Gasteiger partial charge is 0.493 e. The van der Waals surface area contributed by atoms with E-state index in [0.29, 0.717) is 10.2 Å².